The van der Waals surface area contributed by atoms with Crippen molar-refractivity contribution in [1.29, 1.82) is 0 Å². The summed E-state index contributed by atoms with van der Waals surface area (Å²) in [5.41, 5.74) is 10.9. The number of hydrogen-bond acceptors (Lipinski definition) is 2. The Morgan fingerprint density at radius 2 is 1.00 bits per heavy atom. The van der Waals surface area contributed by atoms with Crippen LogP contribution in [0.15, 0.2) is 173 Å². The summed E-state index contributed by atoms with van der Waals surface area (Å²) in [6.07, 6.45) is 1.73. The molecule has 0 unspecified atom stereocenters. The van der Waals surface area contributed by atoms with E-state index in [9.17, 15) is 0 Å². The van der Waals surface area contributed by atoms with Gasteiger partial charge in [-0.25, -0.2) is 0 Å². The van der Waals surface area contributed by atoms with Crippen LogP contribution in [0.1, 0.15) is 0 Å². The molecule has 0 bridgehead atoms. The maximum Gasteiger partial charge on any atom is 0.143 e. The SMILES string of the molecule is c1ccc(-n2c3ccccc3c3c(-c4c5ccccc5c(-c5cccc6c5oc5cc7ccoc7cc56)c5ccccc45)cccc32)cc1. The fourth-order valence-corrected chi connectivity index (χ4v) is 8.24. The van der Waals surface area contributed by atoms with Crippen LogP contribution in [0.4, 0.5) is 0 Å². The molecule has 8 aromatic carbocycles. The molecule has 49 heavy (non-hydrogen) atoms. The Hall–Kier alpha value is -6.58. The smallest absolute Gasteiger partial charge is 0.143 e. The maximum atomic E-state index is 6.73. The molecule has 0 N–H and O–H groups in total. The molecule has 3 aromatic heterocycles. The average molecular weight is 626 g/mol. The van der Waals surface area contributed by atoms with Gasteiger partial charge in [0.25, 0.3) is 0 Å². The summed E-state index contributed by atoms with van der Waals surface area (Å²) in [4.78, 5) is 0. The van der Waals surface area contributed by atoms with Crippen LogP contribution in [0.3, 0.4) is 0 Å². The molecule has 3 heterocycles. The molecule has 0 fully saturated rings. The summed E-state index contributed by atoms with van der Waals surface area (Å²) in [5, 5.41) is 10.5. The zero-order valence-corrected chi connectivity index (χ0v) is 26.4. The number of para-hydroxylation sites is 3. The van der Waals surface area contributed by atoms with Crippen molar-refractivity contribution >= 4 is 76.3 Å². The Bertz CT molecular complexity index is 3050. The summed E-state index contributed by atoms with van der Waals surface area (Å²) in [7, 11) is 0. The highest BCUT2D eigenvalue weighted by Gasteiger charge is 2.23. The van der Waals surface area contributed by atoms with Crippen molar-refractivity contribution in [3.63, 3.8) is 0 Å². The van der Waals surface area contributed by atoms with E-state index in [2.05, 4.69) is 156 Å². The van der Waals surface area contributed by atoms with Crippen LogP contribution in [0.2, 0.25) is 0 Å². The normalized spacial score (nSPS) is 12.1. The van der Waals surface area contributed by atoms with Crippen LogP contribution in [-0.2, 0) is 0 Å². The molecule has 0 saturated carbocycles. The van der Waals surface area contributed by atoms with E-state index >= 15 is 0 Å². The Morgan fingerprint density at radius 3 is 1.76 bits per heavy atom. The molecule has 0 spiro atoms. The molecule has 0 amide bonds. The lowest BCUT2D eigenvalue weighted by Crippen LogP contribution is -1.94. The Morgan fingerprint density at radius 1 is 0.408 bits per heavy atom. The number of rotatable bonds is 3. The van der Waals surface area contributed by atoms with E-state index in [1.807, 2.05) is 6.07 Å². The van der Waals surface area contributed by atoms with Crippen LogP contribution in [0.5, 0.6) is 0 Å². The first-order chi connectivity index (χ1) is 24.3. The predicted octanol–water partition coefficient (Wildman–Crippen LogP) is 13.1. The zero-order chi connectivity index (χ0) is 32.1. The molecular formula is C46H27NO2. The van der Waals surface area contributed by atoms with Gasteiger partial charge in [0.15, 0.2) is 0 Å². The topological polar surface area (TPSA) is 31.2 Å². The standard InChI is InChI=1S/C46H27NO2/c1-2-12-29(13-3-1)47-39-22-9-8-18-35(39)45-36(20-11-23-40(45)47)43-30-14-4-6-16-32(30)44(33-17-7-5-15-31(33)43)37-21-10-19-34-38-27-41-28(24-25-48-41)26-42(38)49-46(34)37/h1-27H. The van der Waals surface area contributed by atoms with E-state index < -0.39 is 0 Å². The lowest BCUT2D eigenvalue weighted by atomic mass is 9.84. The Kier molecular flexibility index (Phi) is 5.38. The third-order valence-corrected chi connectivity index (χ3v) is 10.3. The first-order valence-electron chi connectivity index (χ1n) is 16.7. The fourth-order valence-electron chi connectivity index (χ4n) is 8.24. The minimum Gasteiger partial charge on any atom is -0.464 e. The molecule has 228 valence electrons. The van der Waals surface area contributed by atoms with Crippen molar-refractivity contribution in [1.82, 2.24) is 4.57 Å². The number of hydrogen-bond donors (Lipinski definition) is 0. The largest absolute Gasteiger partial charge is 0.464 e. The highest BCUT2D eigenvalue weighted by Crippen LogP contribution is 2.49. The van der Waals surface area contributed by atoms with Crippen molar-refractivity contribution in [2.24, 2.45) is 0 Å². The van der Waals surface area contributed by atoms with Gasteiger partial charge in [0.05, 0.1) is 17.3 Å². The summed E-state index contributed by atoms with van der Waals surface area (Å²) in [6, 6.07) is 56.6. The number of benzene rings is 8. The van der Waals surface area contributed by atoms with Gasteiger partial charge in [-0.3, -0.25) is 0 Å². The van der Waals surface area contributed by atoms with Crippen molar-refractivity contribution < 1.29 is 8.83 Å². The third kappa shape index (κ3) is 3.67. The van der Waals surface area contributed by atoms with E-state index in [1.165, 1.54) is 60.0 Å². The second kappa shape index (κ2) is 9.96. The molecule has 0 radical (unpaired) electrons. The molecule has 11 aromatic rings. The monoisotopic (exact) mass is 625 g/mol. The second-order valence-corrected chi connectivity index (χ2v) is 12.8. The highest BCUT2D eigenvalue weighted by molar-refractivity contribution is 6.28. The van der Waals surface area contributed by atoms with Crippen LogP contribution >= 0.6 is 0 Å². The van der Waals surface area contributed by atoms with Gasteiger partial charge in [0.1, 0.15) is 16.7 Å². The van der Waals surface area contributed by atoms with Crippen molar-refractivity contribution in [2.45, 2.75) is 0 Å². The van der Waals surface area contributed by atoms with E-state index in [4.69, 9.17) is 8.83 Å². The molecule has 0 atom stereocenters. The number of nitrogens with zero attached hydrogens (tertiary/aromatic N) is 1. The van der Waals surface area contributed by atoms with Crippen LogP contribution in [0.25, 0.3) is 104 Å². The van der Waals surface area contributed by atoms with E-state index in [-0.39, 0.29) is 0 Å². The van der Waals surface area contributed by atoms with Gasteiger partial charge in [0.2, 0.25) is 0 Å². The van der Waals surface area contributed by atoms with Gasteiger partial charge in [-0.2, -0.15) is 0 Å². The lowest BCUT2D eigenvalue weighted by molar-refractivity contribution is 0.616. The van der Waals surface area contributed by atoms with Crippen LogP contribution in [-0.4, -0.2) is 4.57 Å². The van der Waals surface area contributed by atoms with Gasteiger partial charge in [-0.15, -0.1) is 0 Å². The van der Waals surface area contributed by atoms with Gasteiger partial charge in [-0.1, -0.05) is 115 Å². The summed E-state index contributed by atoms with van der Waals surface area (Å²) >= 11 is 0. The first-order valence-corrected chi connectivity index (χ1v) is 16.7. The minimum absolute atomic E-state index is 0.864. The van der Waals surface area contributed by atoms with Crippen molar-refractivity contribution in [3.8, 4) is 27.9 Å². The quantitative estimate of drug-likeness (QED) is 0.183. The lowest BCUT2D eigenvalue weighted by Gasteiger charge is -2.18. The second-order valence-electron chi connectivity index (χ2n) is 12.8. The summed E-state index contributed by atoms with van der Waals surface area (Å²) < 4.78 is 14.9. The molecule has 0 aliphatic rings. The maximum absolute atomic E-state index is 6.73. The Labute approximate surface area is 280 Å². The predicted molar refractivity (Wildman–Crippen MR) is 204 cm³/mol. The summed E-state index contributed by atoms with van der Waals surface area (Å²) in [5.74, 6) is 0. The number of fused-ring (bicyclic) bond motifs is 9. The first kappa shape index (κ1) is 26.5. The van der Waals surface area contributed by atoms with Gasteiger partial charge in [-0.05, 0) is 75.1 Å². The van der Waals surface area contributed by atoms with E-state index in [1.54, 1.807) is 6.26 Å². The fraction of sp³-hybridized carbons (Fsp3) is 0. The molecule has 3 heteroatoms. The molecule has 3 nitrogen and oxygen atoms in total. The number of aromatic nitrogens is 1. The van der Waals surface area contributed by atoms with E-state index in [0.29, 0.717) is 0 Å². The molecular weight excluding hydrogens is 599 g/mol. The highest BCUT2D eigenvalue weighted by atomic mass is 16.3. The average Bonchev–Trinajstić information content (AvgIpc) is 3.87. The van der Waals surface area contributed by atoms with Gasteiger partial charge < -0.3 is 13.4 Å². The van der Waals surface area contributed by atoms with Crippen molar-refractivity contribution in [2.75, 3.05) is 0 Å². The third-order valence-electron chi connectivity index (χ3n) is 10.3. The zero-order valence-electron chi connectivity index (χ0n) is 26.4. The van der Waals surface area contributed by atoms with Crippen LogP contribution in [0, 0.1) is 0 Å². The summed E-state index contributed by atoms with van der Waals surface area (Å²) in [6.45, 7) is 0. The number of furan rings is 2. The van der Waals surface area contributed by atoms with Crippen molar-refractivity contribution in [3.05, 3.63) is 164 Å². The van der Waals surface area contributed by atoms with E-state index in [0.717, 1.165) is 44.2 Å². The molecule has 0 saturated heterocycles. The Balaban J connectivity index is 1.27. The van der Waals surface area contributed by atoms with Crippen LogP contribution < -0.4 is 0 Å². The molecule has 0 aliphatic heterocycles. The molecule has 11 rings (SSSR count). The van der Waals surface area contributed by atoms with Gasteiger partial charge >= 0.3 is 0 Å². The van der Waals surface area contributed by atoms with Gasteiger partial charge in [0, 0.05) is 43.7 Å². The minimum atomic E-state index is 0.864. The molecule has 0 aliphatic carbocycles.